The van der Waals surface area contributed by atoms with Crippen molar-refractivity contribution < 1.29 is 75.5 Å². The molecule has 46 valence electrons. The molecule has 0 aliphatic rings. The first kappa shape index (κ1) is 171. The fourth-order valence-corrected chi connectivity index (χ4v) is 0. The normalized spacial score (nSPS) is 0. The molecule has 4 nitrogen and oxygen atoms in total. The Kier molecular flexibility index (Phi) is 2640. The maximum atomic E-state index is 0. The van der Waals surface area contributed by atoms with Gasteiger partial charge in [-0.25, -0.2) is 0 Å². The number of hydrogen-bond donors (Lipinski definition) is 0. The van der Waals surface area contributed by atoms with E-state index < -0.39 is 0 Å². The van der Waals surface area contributed by atoms with Crippen LogP contribution in [0.1, 0.15) is 0 Å². The van der Waals surface area contributed by atoms with Crippen molar-refractivity contribution in [1.29, 1.82) is 0 Å². The van der Waals surface area contributed by atoms with Gasteiger partial charge < -0.3 is 21.9 Å². The van der Waals surface area contributed by atoms with Gasteiger partial charge in [0.05, 0.1) is 0 Å². The van der Waals surface area contributed by atoms with Gasteiger partial charge in [0, 0.05) is 0 Å². The molecule has 8 heavy (non-hydrogen) atoms. The van der Waals surface area contributed by atoms with Crippen LogP contribution in [-0.4, -0.2) is 23.1 Å². The van der Waals surface area contributed by atoms with E-state index in [-0.39, 0.29) is 98.6 Å². The molecule has 0 aliphatic heterocycles. The van der Waals surface area contributed by atoms with Crippen molar-refractivity contribution in [2.24, 2.45) is 0 Å². The van der Waals surface area contributed by atoms with Crippen LogP contribution in [0.5, 0.6) is 0 Å². The van der Waals surface area contributed by atoms with E-state index in [4.69, 9.17) is 0 Å². The van der Waals surface area contributed by atoms with Crippen LogP contribution in [0.4, 0.5) is 0 Å². The summed E-state index contributed by atoms with van der Waals surface area (Å²) < 4.78 is 0. The van der Waals surface area contributed by atoms with Crippen LogP contribution < -0.4 is 0 Å². The predicted molar refractivity (Wildman–Crippen MR) is 8.50 cm³/mol. The molecule has 0 rings (SSSR count). The molecule has 0 fully saturated rings. The van der Waals surface area contributed by atoms with Crippen molar-refractivity contribution in [1.82, 2.24) is 0 Å². The van der Waals surface area contributed by atoms with E-state index >= 15 is 0 Å². The molecule has 0 amide bonds. The molecule has 0 saturated heterocycles. The van der Waals surface area contributed by atoms with Gasteiger partial charge in [0.25, 0.3) is 0 Å². The summed E-state index contributed by atoms with van der Waals surface area (Å²) in [6.45, 7) is 0. The fourth-order valence-electron chi connectivity index (χ4n) is 0. The van der Waals surface area contributed by atoms with E-state index in [0.29, 0.717) is 0 Å². The Morgan fingerprint density at radius 3 is 0.625 bits per heavy atom. The van der Waals surface area contributed by atoms with E-state index in [1.807, 2.05) is 0 Å². The largest absolute Gasteiger partial charge is 2.00 e. The maximum absolute atomic E-state index is 0. The molecule has 0 aromatic carbocycles. The molecule has 0 atom stereocenters. The van der Waals surface area contributed by atoms with E-state index in [2.05, 4.69) is 0 Å². The van der Waals surface area contributed by atoms with Crippen molar-refractivity contribution in [3.8, 4) is 0 Å². The van der Waals surface area contributed by atoms with Crippen molar-refractivity contribution in [3.63, 3.8) is 0 Å². The van der Waals surface area contributed by atoms with Gasteiger partial charge in [0.2, 0.25) is 0 Å². The molecular formula is CuMgMnO4Zn. The van der Waals surface area contributed by atoms with Gasteiger partial charge in [-0.2, -0.15) is 0 Å². The standard InChI is InChI=1S/Cu.Mg.Mn.4O.Zn/q3*+2;4*-2;+2. The predicted octanol–water partition coefficient (Wildman–Crippen LogP) is -0.864. The smallest absolute Gasteiger partial charge is 2.00 e. The Labute approximate surface area is 97.6 Å². The molecule has 2 radical (unpaired) electrons. The summed E-state index contributed by atoms with van der Waals surface area (Å²) in [6.07, 6.45) is 0. The van der Waals surface area contributed by atoms with E-state index in [0.717, 1.165) is 0 Å². The summed E-state index contributed by atoms with van der Waals surface area (Å²) in [5.74, 6) is 0. The second kappa shape index (κ2) is 123. The molecule has 0 heterocycles. The molecule has 0 bridgehead atoms. The molecule has 0 N–H and O–H groups in total. The molecule has 0 unspecified atom stereocenters. The van der Waals surface area contributed by atoms with Crippen molar-refractivity contribution >= 4 is 23.1 Å². The van der Waals surface area contributed by atoms with Crippen LogP contribution in [-0.2, 0) is 75.5 Å². The van der Waals surface area contributed by atoms with Gasteiger partial charge in [0.15, 0.2) is 0 Å². The SMILES string of the molecule is [Cu+2].[Mg+2].[Mn+2].[O-2].[O-2].[O-2].[O-2].[Zn+2]. The monoisotopic (exact) mass is 270 g/mol. The first-order valence-electron chi connectivity index (χ1n) is 0. The third-order valence-corrected chi connectivity index (χ3v) is 0. The molecule has 0 spiro atoms. The van der Waals surface area contributed by atoms with Crippen LogP contribution in [0.15, 0.2) is 0 Å². The van der Waals surface area contributed by atoms with Crippen molar-refractivity contribution in [2.75, 3.05) is 0 Å². The summed E-state index contributed by atoms with van der Waals surface area (Å²) >= 11 is 0. The fraction of sp³-hybridized carbons (Fsp3) is 0. The van der Waals surface area contributed by atoms with E-state index in [1.54, 1.807) is 0 Å². The van der Waals surface area contributed by atoms with Crippen molar-refractivity contribution in [3.05, 3.63) is 0 Å². The molecule has 0 aliphatic carbocycles. The van der Waals surface area contributed by atoms with Crippen molar-refractivity contribution in [2.45, 2.75) is 0 Å². The van der Waals surface area contributed by atoms with Crippen LogP contribution in [0.3, 0.4) is 0 Å². The Morgan fingerprint density at radius 2 is 0.625 bits per heavy atom. The van der Waals surface area contributed by atoms with Gasteiger partial charge >= 0.3 is 76.7 Å². The molecule has 0 saturated carbocycles. The number of hydrogen-bond acceptors (Lipinski definition) is 0. The summed E-state index contributed by atoms with van der Waals surface area (Å²) in [4.78, 5) is 0. The zero-order chi connectivity index (χ0) is 0. The quantitative estimate of drug-likeness (QED) is 0.510. The van der Waals surface area contributed by atoms with Gasteiger partial charge in [-0.1, -0.05) is 0 Å². The van der Waals surface area contributed by atoms with E-state index in [9.17, 15) is 0 Å². The van der Waals surface area contributed by atoms with Crippen LogP contribution in [0.25, 0.3) is 0 Å². The molecule has 0 aromatic rings. The summed E-state index contributed by atoms with van der Waals surface area (Å²) in [7, 11) is 0. The Bertz CT molecular complexity index is 16.0. The Balaban J connectivity index is 0. The van der Waals surface area contributed by atoms with E-state index in [1.165, 1.54) is 0 Å². The maximum Gasteiger partial charge on any atom is 2.00 e. The average Bonchev–Trinajstić information content (AvgIpc) is 0. The zero-order valence-corrected chi connectivity index (χ0v) is 10.2. The van der Waals surface area contributed by atoms with Gasteiger partial charge in [-0.3, -0.25) is 0 Å². The minimum atomic E-state index is 0. The van der Waals surface area contributed by atoms with Crippen LogP contribution in [0.2, 0.25) is 0 Å². The Morgan fingerprint density at radius 1 is 0.625 bits per heavy atom. The Hall–Kier alpha value is 2.27. The zero-order valence-electron chi connectivity index (χ0n) is 3.73. The molecule has 0 aromatic heterocycles. The second-order valence-corrected chi connectivity index (χ2v) is 0. The van der Waals surface area contributed by atoms with Gasteiger partial charge in [-0.05, 0) is 0 Å². The third kappa shape index (κ3) is 84.9. The summed E-state index contributed by atoms with van der Waals surface area (Å²) in [6, 6.07) is 0. The third-order valence-electron chi connectivity index (χ3n) is 0. The summed E-state index contributed by atoms with van der Waals surface area (Å²) in [5, 5.41) is 0. The van der Waals surface area contributed by atoms with Crippen LogP contribution in [0, 0.1) is 0 Å². The second-order valence-electron chi connectivity index (χ2n) is 0. The minimum absolute atomic E-state index is 0. The van der Waals surface area contributed by atoms with Gasteiger partial charge in [-0.15, -0.1) is 0 Å². The first-order valence-corrected chi connectivity index (χ1v) is 0. The van der Waals surface area contributed by atoms with Gasteiger partial charge in [0.1, 0.15) is 0 Å². The van der Waals surface area contributed by atoms with Crippen LogP contribution >= 0.6 is 0 Å². The molecular weight excluding hydrogens is 272 g/mol. The first-order chi connectivity index (χ1) is 0. The topological polar surface area (TPSA) is 114 Å². The summed E-state index contributed by atoms with van der Waals surface area (Å²) in [5.41, 5.74) is 0. The average molecular weight is 272 g/mol. The number of rotatable bonds is 0. The molecule has 8 heteroatoms. The minimum Gasteiger partial charge on any atom is -2.00 e.